The highest BCUT2D eigenvalue weighted by Gasteiger charge is 2.25. The molecule has 0 bridgehead atoms. The van der Waals surface area contributed by atoms with Crippen LogP contribution in [0.1, 0.15) is 23.3 Å². The van der Waals surface area contributed by atoms with Gasteiger partial charge in [0.15, 0.2) is 0 Å². The number of amides is 2. The summed E-state index contributed by atoms with van der Waals surface area (Å²) < 4.78 is 0. The molecule has 2 heterocycles. The fraction of sp³-hybridized carbons (Fsp3) is 0.583. The predicted octanol–water partition coefficient (Wildman–Crippen LogP) is 2.23. The van der Waals surface area contributed by atoms with Crippen LogP contribution in [0, 0.1) is 5.92 Å². The first-order valence-corrected chi connectivity index (χ1v) is 6.79. The number of fused-ring (bicyclic) bond motifs is 1. The van der Waals surface area contributed by atoms with E-state index in [0.29, 0.717) is 0 Å². The Morgan fingerprint density at radius 2 is 2.44 bits per heavy atom. The fourth-order valence-corrected chi connectivity index (χ4v) is 2.98. The number of hydrogen-bond donors (Lipinski definition) is 1. The quantitative estimate of drug-likeness (QED) is 0.839. The Morgan fingerprint density at radius 3 is 3.25 bits per heavy atom. The van der Waals surface area contributed by atoms with Crippen LogP contribution in [0.25, 0.3) is 0 Å². The first-order valence-electron chi connectivity index (χ1n) is 5.91. The Bertz CT molecular complexity index is 397. The molecule has 1 aromatic heterocycles. The second-order valence-electron chi connectivity index (χ2n) is 4.67. The molecule has 0 atom stereocenters. The van der Waals surface area contributed by atoms with Crippen molar-refractivity contribution in [2.75, 3.05) is 13.1 Å². The maximum atomic E-state index is 11.9. The van der Waals surface area contributed by atoms with Crippen LogP contribution in [-0.2, 0) is 13.0 Å². The van der Waals surface area contributed by atoms with Crippen molar-refractivity contribution in [2.45, 2.75) is 25.8 Å². The Kier molecular flexibility index (Phi) is 2.59. The molecule has 16 heavy (non-hydrogen) atoms. The normalized spacial score (nSPS) is 19.4. The van der Waals surface area contributed by atoms with Crippen molar-refractivity contribution in [2.24, 2.45) is 5.92 Å². The molecular weight excluding hydrogens is 220 g/mol. The number of hydrogen-bond acceptors (Lipinski definition) is 2. The van der Waals surface area contributed by atoms with Crippen LogP contribution in [0.4, 0.5) is 4.79 Å². The van der Waals surface area contributed by atoms with E-state index in [0.717, 1.165) is 32.0 Å². The zero-order valence-corrected chi connectivity index (χ0v) is 10.1. The van der Waals surface area contributed by atoms with E-state index in [4.69, 9.17) is 0 Å². The number of nitrogens with one attached hydrogen (secondary N) is 1. The lowest BCUT2D eigenvalue weighted by Crippen LogP contribution is -2.43. The third-order valence-electron chi connectivity index (χ3n) is 3.33. The number of carbonyl (C=O) groups excluding carboxylic acids is 1. The van der Waals surface area contributed by atoms with Crippen molar-refractivity contribution in [3.8, 4) is 0 Å². The van der Waals surface area contributed by atoms with Crippen LogP contribution in [-0.4, -0.2) is 24.0 Å². The minimum Gasteiger partial charge on any atom is -0.338 e. The van der Waals surface area contributed by atoms with E-state index in [-0.39, 0.29) is 6.03 Å². The number of rotatable bonds is 2. The molecule has 2 aliphatic rings. The maximum absolute atomic E-state index is 11.9. The first kappa shape index (κ1) is 10.1. The molecule has 0 aromatic carbocycles. The van der Waals surface area contributed by atoms with Crippen molar-refractivity contribution in [1.82, 2.24) is 10.2 Å². The highest BCUT2D eigenvalue weighted by molar-refractivity contribution is 7.10. The Morgan fingerprint density at radius 1 is 1.56 bits per heavy atom. The molecule has 3 nitrogen and oxygen atoms in total. The van der Waals surface area contributed by atoms with Gasteiger partial charge in [-0.15, -0.1) is 11.3 Å². The number of carbonyl (C=O) groups is 1. The van der Waals surface area contributed by atoms with Gasteiger partial charge in [-0.05, 0) is 42.2 Å². The van der Waals surface area contributed by atoms with Crippen LogP contribution in [0.3, 0.4) is 0 Å². The van der Waals surface area contributed by atoms with E-state index in [9.17, 15) is 4.79 Å². The molecule has 1 fully saturated rings. The van der Waals surface area contributed by atoms with Crippen LogP contribution >= 0.6 is 11.3 Å². The zero-order valence-electron chi connectivity index (χ0n) is 9.24. The van der Waals surface area contributed by atoms with Crippen molar-refractivity contribution >= 4 is 17.4 Å². The van der Waals surface area contributed by atoms with E-state index in [1.807, 2.05) is 16.2 Å². The second-order valence-corrected chi connectivity index (χ2v) is 5.67. The molecule has 2 amide bonds. The highest BCUT2D eigenvalue weighted by atomic mass is 32.1. The largest absolute Gasteiger partial charge is 0.338 e. The van der Waals surface area contributed by atoms with Gasteiger partial charge in [-0.3, -0.25) is 0 Å². The average Bonchev–Trinajstić information content (AvgIpc) is 3.01. The van der Waals surface area contributed by atoms with Gasteiger partial charge in [0.25, 0.3) is 0 Å². The van der Waals surface area contributed by atoms with Gasteiger partial charge in [0, 0.05) is 24.5 Å². The summed E-state index contributed by atoms with van der Waals surface area (Å²) in [6, 6.07) is 2.25. The highest BCUT2D eigenvalue weighted by Crippen LogP contribution is 2.28. The predicted molar refractivity (Wildman–Crippen MR) is 64.6 cm³/mol. The number of thiophene rings is 1. The van der Waals surface area contributed by atoms with E-state index in [1.165, 1.54) is 23.3 Å². The topological polar surface area (TPSA) is 32.3 Å². The minimum absolute atomic E-state index is 0.115. The summed E-state index contributed by atoms with van der Waals surface area (Å²) in [6.45, 7) is 2.52. The number of nitrogens with zero attached hydrogens (tertiary/aromatic N) is 1. The molecule has 4 heteroatoms. The molecule has 1 saturated carbocycles. The lowest BCUT2D eigenvalue weighted by molar-refractivity contribution is 0.192. The fourth-order valence-electron chi connectivity index (χ4n) is 2.09. The lowest BCUT2D eigenvalue weighted by Gasteiger charge is -2.27. The smallest absolute Gasteiger partial charge is 0.317 e. The summed E-state index contributed by atoms with van der Waals surface area (Å²) in [5.74, 6) is 0.755. The van der Waals surface area contributed by atoms with Gasteiger partial charge in [-0.1, -0.05) is 0 Å². The van der Waals surface area contributed by atoms with Gasteiger partial charge in [-0.25, -0.2) is 4.79 Å². The van der Waals surface area contributed by atoms with Gasteiger partial charge in [0.2, 0.25) is 0 Å². The van der Waals surface area contributed by atoms with Crippen LogP contribution in [0.5, 0.6) is 0 Å². The maximum Gasteiger partial charge on any atom is 0.317 e. The second kappa shape index (κ2) is 4.09. The molecule has 0 radical (unpaired) electrons. The molecule has 1 N–H and O–H groups in total. The van der Waals surface area contributed by atoms with Gasteiger partial charge in [0.1, 0.15) is 0 Å². The third kappa shape index (κ3) is 2.07. The van der Waals surface area contributed by atoms with Crippen LogP contribution < -0.4 is 5.32 Å². The summed E-state index contributed by atoms with van der Waals surface area (Å²) in [5, 5.41) is 5.15. The Hall–Kier alpha value is -1.03. The summed E-state index contributed by atoms with van der Waals surface area (Å²) in [4.78, 5) is 15.3. The Balaban J connectivity index is 1.57. The SMILES string of the molecule is O=C(NCC1CC1)N1CCc2sccc2C1. The molecule has 0 saturated heterocycles. The molecule has 0 spiro atoms. The monoisotopic (exact) mass is 236 g/mol. The van der Waals surface area contributed by atoms with Gasteiger partial charge in [0.05, 0.1) is 0 Å². The van der Waals surface area contributed by atoms with Crippen molar-refractivity contribution in [3.63, 3.8) is 0 Å². The molecule has 86 valence electrons. The van der Waals surface area contributed by atoms with Crippen LogP contribution in [0.2, 0.25) is 0 Å². The molecule has 3 rings (SSSR count). The summed E-state index contributed by atoms with van der Waals surface area (Å²) in [7, 11) is 0. The average molecular weight is 236 g/mol. The van der Waals surface area contributed by atoms with Crippen molar-refractivity contribution in [1.29, 1.82) is 0 Å². The standard InChI is InChI=1S/C12H16N2OS/c15-12(13-7-9-1-2-9)14-5-3-11-10(8-14)4-6-16-11/h4,6,9H,1-3,5,7-8H2,(H,13,15). The van der Waals surface area contributed by atoms with Gasteiger partial charge >= 0.3 is 6.03 Å². The van der Waals surface area contributed by atoms with Gasteiger partial charge < -0.3 is 10.2 Å². The molecule has 1 aromatic rings. The molecule has 1 aliphatic heterocycles. The molecular formula is C12H16N2OS. The number of urea groups is 1. The third-order valence-corrected chi connectivity index (χ3v) is 4.36. The lowest BCUT2D eigenvalue weighted by atomic mass is 10.1. The summed E-state index contributed by atoms with van der Waals surface area (Å²) in [5.41, 5.74) is 1.33. The van der Waals surface area contributed by atoms with Crippen molar-refractivity contribution < 1.29 is 4.79 Å². The van der Waals surface area contributed by atoms with Crippen LogP contribution in [0.15, 0.2) is 11.4 Å². The Labute approximate surface area is 99.5 Å². The molecule has 1 aliphatic carbocycles. The summed E-state index contributed by atoms with van der Waals surface area (Å²) >= 11 is 1.81. The summed E-state index contributed by atoms with van der Waals surface area (Å²) in [6.07, 6.45) is 3.59. The minimum atomic E-state index is 0.115. The van der Waals surface area contributed by atoms with Crippen molar-refractivity contribution in [3.05, 3.63) is 21.9 Å². The van der Waals surface area contributed by atoms with E-state index in [2.05, 4.69) is 16.8 Å². The first-order chi connectivity index (χ1) is 7.83. The van der Waals surface area contributed by atoms with Gasteiger partial charge in [-0.2, -0.15) is 0 Å². The van der Waals surface area contributed by atoms with E-state index >= 15 is 0 Å². The zero-order chi connectivity index (χ0) is 11.0. The van der Waals surface area contributed by atoms with E-state index in [1.54, 1.807) is 0 Å². The molecule has 0 unspecified atom stereocenters. The van der Waals surface area contributed by atoms with E-state index < -0.39 is 0 Å².